The summed E-state index contributed by atoms with van der Waals surface area (Å²) >= 11 is 0. The first kappa shape index (κ1) is 14.1. The zero-order valence-corrected chi connectivity index (χ0v) is 11.1. The Morgan fingerprint density at radius 2 is 1.76 bits per heavy atom. The first-order valence-corrected chi connectivity index (χ1v) is 6.62. The molecule has 2 aliphatic rings. The highest BCUT2D eigenvalue weighted by Gasteiger charge is 2.41. The standard InChI is InChI=1S/C15H12F4O2/c1-6-10(16)12(18)13(19)14(11(6)17)21-15(20)9-5-7-2-3-8(9)4-7/h2-3,7-9H,4-5H2,1H3. The molecular formula is C15H12F4O2. The smallest absolute Gasteiger partial charge is 0.315 e. The lowest BCUT2D eigenvalue weighted by atomic mass is 9.94. The Morgan fingerprint density at radius 3 is 2.33 bits per heavy atom. The molecule has 0 amide bonds. The van der Waals surface area contributed by atoms with E-state index in [1.807, 2.05) is 12.2 Å². The molecule has 0 N–H and O–H groups in total. The van der Waals surface area contributed by atoms with Crippen molar-refractivity contribution < 1.29 is 27.1 Å². The molecule has 0 heterocycles. The van der Waals surface area contributed by atoms with Crippen LogP contribution in [-0.2, 0) is 4.79 Å². The summed E-state index contributed by atoms with van der Waals surface area (Å²) in [6, 6.07) is 0. The van der Waals surface area contributed by atoms with Crippen molar-refractivity contribution in [1.29, 1.82) is 0 Å². The van der Waals surface area contributed by atoms with Gasteiger partial charge in [0.2, 0.25) is 11.6 Å². The van der Waals surface area contributed by atoms with Crippen LogP contribution in [0, 0.1) is 47.9 Å². The van der Waals surface area contributed by atoms with Crippen LogP contribution in [0.1, 0.15) is 18.4 Å². The van der Waals surface area contributed by atoms with E-state index in [0.717, 1.165) is 13.3 Å². The van der Waals surface area contributed by atoms with Crippen LogP contribution < -0.4 is 4.74 Å². The molecule has 2 nitrogen and oxygen atoms in total. The molecular weight excluding hydrogens is 288 g/mol. The molecule has 2 aliphatic carbocycles. The molecule has 0 aliphatic heterocycles. The Kier molecular flexibility index (Phi) is 3.26. The molecule has 3 rings (SSSR count). The third-order valence-corrected chi connectivity index (χ3v) is 4.23. The molecule has 3 unspecified atom stereocenters. The lowest BCUT2D eigenvalue weighted by Crippen LogP contribution is -2.25. The molecule has 6 heteroatoms. The van der Waals surface area contributed by atoms with Crippen molar-refractivity contribution in [3.63, 3.8) is 0 Å². The van der Waals surface area contributed by atoms with E-state index in [0.29, 0.717) is 6.42 Å². The summed E-state index contributed by atoms with van der Waals surface area (Å²) in [5.74, 6) is -8.88. The molecule has 112 valence electrons. The van der Waals surface area contributed by atoms with E-state index in [2.05, 4.69) is 0 Å². The van der Waals surface area contributed by atoms with Crippen LogP contribution in [0.15, 0.2) is 12.2 Å². The van der Waals surface area contributed by atoms with E-state index in [1.165, 1.54) is 0 Å². The average Bonchev–Trinajstić information content (AvgIpc) is 3.10. The number of carbonyl (C=O) groups excluding carboxylic acids is 1. The summed E-state index contributed by atoms with van der Waals surface area (Å²) in [5.41, 5.74) is -0.718. The third kappa shape index (κ3) is 2.13. The van der Waals surface area contributed by atoms with E-state index < -0.39 is 46.5 Å². The predicted octanol–water partition coefficient (Wildman–Crippen LogP) is 3.67. The number of ether oxygens (including phenoxy) is 1. The summed E-state index contributed by atoms with van der Waals surface area (Å²) in [6.07, 6.45) is 5.23. The molecule has 1 aromatic carbocycles. The number of benzene rings is 1. The van der Waals surface area contributed by atoms with Crippen LogP contribution in [0.5, 0.6) is 5.75 Å². The molecule has 1 saturated carbocycles. The maximum absolute atomic E-state index is 13.8. The Morgan fingerprint density at radius 1 is 1.05 bits per heavy atom. The van der Waals surface area contributed by atoms with Crippen LogP contribution in [0.3, 0.4) is 0 Å². The van der Waals surface area contributed by atoms with Crippen molar-refractivity contribution >= 4 is 5.97 Å². The molecule has 0 aromatic heterocycles. The van der Waals surface area contributed by atoms with Gasteiger partial charge < -0.3 is 4.74 Å². The van der Waals surface area contributed by atoms with E-state index in [9.17, 15) is 22.4 Å². The predicted molar refractivity (Wildman–Crippen MR) is 65.5 cm³/mol. The number of hydrogen-bond acceptors (Lipinski definition) is 2. The average molecular weight is 300 g/mol. The zero-order chi connectivity index (χ0) is 15.3. The van der Waals surface area contributed by atoms with Gasteiger partial charge in [0.1, 0.15) is 0 Å². The highest BCUT2D eigenvalue weighted by Crippen LogP contribution is 2.44. The Bertz CT molecular complexity index is 625. The zero-order valence-electron chi connectivity index (χ0n) is 11.1. The molecule has 0 radical (unpaired) electrons. The number of fused-ring (bicyclic) bond motifs is 2. The largest absolute Gasteiger partial charge is 0.420 e. The van der Waals surface area contributed by atoms with Crippen LogP contribution in [0.2, 0.25) is 0 Å². The number of hydrogen-bond donors (Lipinski definition) is 0. The summed E-state index contributed by atoms with van der Waals surface area (Å²) in [4.78, 5) is 12.0. The molecule has 2 bridgehead atoms. The molecule has 0 saturated heterocycles. The van der Waals surface area contributed by atoms with E-state index >= 15 is 0 Å². The van der Waals surface area contributed by atoms with Crippen molar-refractivity contribution in [2.24, 2.45) is 17.8 Å². The van der Waals surface area contributed by atoms with Crippen LogP contribution in [0.25, 0.3) is 0 Å². The Hall–Kier alpha value is -1.85. The first-order chi connectivity index (χ1) is 9.90. The van der Waals surface area contributed by atoms with E-state index in [4.69, 9.17) is 4.74 Å². The summed E-state index contributed by atoms with van der Waals surface area (Å²) in [5, 5.41) is 0. The fourth-order valence-electron chi connectivity index (χ4n) is 3.04. The van der Waals surface area contributed by atoms with E-state index in [1.54, 1.807) is 0 Å². The minimum absolute atomic E-state index is 0.0139. The lowest BCUT2D eigenvalue weighted by molar-refractivity contribution is -0.140. The Labute approximate surface area is 118 Å². The van der Waals surface area contributed by atoms with Gasteiger partial charge in [-0.15, -0.1) is 0 Å². The highest BCUT2D eigenvalue weighted by molar-refractivity contribution is 5.76. The monoisotopic (exact) mass is 300 g/mol. The van der Waals surface area contributed by atoms with Crippen LogP contribution in [0.4, 0.5) is 17.6 Å². The van der Waals surface area contributed by atoms with Crippen molar-refractivity contribution in [3.05, 3.63) is 41.0 Å². The minimum atomic E-state index is -1.84. The number of halogens is 4. The maximum Gasteiger partial charge on any atom is 0.315 e. The molecule has 0 spiro atoms. The normalized spacial score (nSPS) is 26.4. The highest BCUT2D eigenvalue weighted by atomic mass is 19.2. The molecule has 1 fully saturated rings. The van der Waals surface area contributed by atoms with Crippen LogP contribution >= 0.6 is 0 Å². The van der Waals surface area contributed by atoms with Gasteiger partial charge in [-0.25, -0.2) is 13.2 Å². The second-order valence-electron chi connectivity index (χ2n) is 5.52. The minimum Gasteiger partial charge on any atom is -0.420 e. The van der Waals surface area contributed by atoms with Crippen molar-refractivity contribution in [3.8, 4) is 5.75 Å². The number of esters is 1. The van der Waals surface area contributed by atoms with Gasteiger partial charge in [-0.1, -0.05) is 12.2 Å². The van der Waals surface area contributed by atoms with Crippen LogP contribution in [-0.4, -0.2) is 5.97 Å². The quantitative estimate of drug-likeness (QED) is 0.208. The fourth-order valence-corrected chi connectivity index (χ4v) is 3.04. The van der Waals surface area contributed by atoms with Crippen molar-refractivity contribution in [1.82, 2.24) is 0 Å². The summed E-state index contributed by atoms with van der Waals surface area (Å²) < 4.78 is 58.6. The molecule has 1 aromatic rings. The molecule has 3 atom stereocenters. The van der Waals surface area contributed by atoms with Gasteiger partial charge in [0.25, 0.3) is 0 Å². The Balaban J connectivity index is 1.89. The van der Waals surface area contributed by atoms with Gasteiger partial charge in [0, 0.05) is 5.56 Å². The summed E-state index contributed by atoms with van der Waals surface area (Å²) in [6.45, 7) is 0.949. The van der Waals surface area contributed by atoms with Crippen molar-refractivity contribution in [2.45, 2.75) is 19.8 Å². The molecule has 21 heavy (non-hydrogen) atoms. The van der Waals surface area contributed by atoms with E-state index in [-0.39, 0.29) is 11.8 Å². The second kappa shape index (κ2) is 4.86. The third-order valence-electron chi connectivity index (χ3n) is 4.23. The van der Waals surface area contributed by atoms with Gasteiger partial charge >= 0.3 is 5.97 Å². The number of allylic oxidation sites excluding steroid dienone is 2. The van der Waals surface area contributed by atoms with Gasteiger partial charge in [-0.2, -0.15) is 4.39 Å². The lowest BCUT2D eigenvalue weighted by Gasteiger charge is -2.17. The topological polar surface area (TPSA) is 26.3 Å². The summed E-state index contributed by atoms with van der Waals surface area (Å²) in [7, 11) is 0. The van der Waals surface area contributed by atoms with Gasteiger partial charge in [0.15, 0.2) is 17.5 Å². The van der Waals surface area contributed by atoms with Crippen molar-refractivity contribution in [2.75, 3.05) is 0 Å². The maximum atomic E-state index is 13.8. The number of carbonyl (C=O) groups is 1. The fraction of sp³-hybridized carbons (Fsp3) is 0.400. The van der Waals surface area contributed by atoms with Gasteiger partial charge in [-0.05, 0) is 31.6 Å². The first-order valence-electron chi connectivity index (χ1n) is 6.62. The van der Waals surface area contributed by atoms with Gasteiger partial charge in [0.05, 0.1) is 5.92 Å². The SMILES string of the molecule is Cc1c(F)c(F)c(F)c(OC(=O)C2CC3C=CC2C3)c1F. The van der Waals surface area contributed by atoms with Gasteiger partial charge in [-0.3, -0.25) is 4.79 Å². The second-order valence-corrected chi connectivity index (χ2v) is 5.52. The number of rotatable bonds is 2.